The first-order valence-corrected chi connectivity index (χ1v) is 7.18. The molecule has 0 nitrogen and oxygen atoms in total. The van der Waals surface area contributed by atoms with Crippen molar-refractivity contribution in [1.29, 1.82) is 0 Å². The Labute approximate surface area is 124 Å². The first kappa shape index (κ1) is 13.2. The van der Waals surface area contributed by atoms with Gasteiger partial charge < -0.3 is 0 Å². The van der Waals surface area contributed by atoms with E-state index in [-0.39, 0.29) is 0 Å². The van der Waals surface area contributed by atoms with Gasteiger partial charge in [-0.1, -0.05) is 68.9 Å². The van der Waals surface area contributed by atoms with E-state index >= 15 is 0 Å². The Kier molecular flexibility index (Phi) is 4.37. The molecular weight excluding hydrogens is 342 g/mol. The van der Waals surface area contributed by atoms with Gasteiger partial charge in [-0.3, -0.25) is 0 Å². The van der Waals surface area contributed by atoms with Crippen molar-refractivity contribution in [2.45, 2.75) is 5.33 Å². The minimum Gasteiger partial charge on any atom is -0.0876 e. The summed E-state index contributed by atoms with van der Waals surface area (Å²) in [4.78, 5) is 0. The summed E-state index contributed by atoms with van der Waals surface area (Å²) in [5.74, 6) is 0. The van der Waals surface area contributed by atoms with Crippen molar-refractivity contribution in [3.05, 3.63) is 57.0 Å². The molecule has 2 aromatic rings. The van der Waals surface area contributed by atoms with E-state index < -0.39 is 0 Å². The number of benzene rings is 2. The van der Waals surface area contributed by atoms with Gasteiger partial charge in [0.1, 0.15) is 0 Å². The highest BCUT2D eigenvalue weighted by molar-refractivity contribution is 9.08. The van der Waals surface area contributed by atoms with Gasteiger partial charge in [-0.05, 0) is 23.8 Å². The third kappa shape index (κ3) is 2.79. The van der Waals surface area contributed by atoms with Gasteiger partial charge in [0.2, 0.25) is 0 Å². The van der Waals surface area contributed by atoms with Gasteiger partial charge in [-0.15, -0.1) is 0 Å². The summed E-state index contributed by atoms with van der Waals surface area (Å²) in [6, 6.07) is 11.2. The van der Waals surface area contributed by atoms with Crippen LogP contribution in [0.25, 0.3) is 11.1 Å². The lowest BCUT2D eigenvalue weighted by Gasteiger charge is -2.10. The maximum absolute atomic E-state index is 6.34. The van der Waals surface area contributed by atoms with Crippen molar-refractivity contribution < 1.29 is 0 Å². The van der Waals surface area contributed by atoms with Crippen LogP contribution >= 0.6 is 50.7 Å². The van der Waals surface area contributed by atoms with E-state index in [0.29, 0.717) is 20.4 Å². The highest BCUT2D eigenvalue weighted by Crippen LogP contribution is 2.37. The highest BCUT2D eigenvalue weighted by atomic mass is 79.9. The molecule has 0 unspecified atom stereocenters. The molecule has 0 saturated heterocycles. The number of hydrogen-bond donors (Lipinski definition) is 0. The molecule has 0 aliphatic heterocycles. The van der Waals surface area contributed by atoms with E-state index in [9.17, 15) is 0 Å². The number of alkyl halides is 1. The van der Waals surface area contributed by atoms with Crippen LogP contribution in [-0.2, 0) is 5.33 Å². The Morgan fingerprint density at radius 1 is 0.941 bits per heavy atom. The molecule has 0 fully saturated rings. The molecule has 0 saturated carbocycles. The SMILES string of the molecule is Clc1ccc(Cl)c(-c2cccc(CBr)c2Cl)c1. The van der Waals surface area contributed by atoms with Crippen molar-refractivity contribution in [2.24, 2.45) is 0 Å². The van der Waals surface area contributed by atoms with Crippen molar-refractivity contribution in [2.75, 3.05) is 0 Å². The summed E-state index contributed by atoms with van der Waals surface area (Å²) in [6.45, 7) is 0. The van der Waals surface area contributed by atoms with Gasteiger partial charge in [0, 0.05) is 26.5 Å². The molecular formula is C13H8BrCl3. The van der Waals surface area contributed by atoms with Gasteiger partial charge in [0.25, 0.3) is 0 Å². The molecule has 0 aliphatic carbocycles. The van der Waals surface area contributed by atoms with Crippen molar-refractivity contribution in [1.82, 2.24) is 0 Å². The molecule has 0 heterocycles. The molecule has 0 aromatic heterocycles. The third-order valence-corrected chi connectivity index (χ3v) is 4.06. The molecule has 2 aromatic carbocycles. The smallest absolute Gasteiger partial charge is 0.0525 e. The highest BCUT2D eigenvalue weighted by Gasteiger charge is 2.10. The molecule has 4 heteroatoms. The zero-order chi connectivity index (χ0) is 12.4. The first-order chi connectivity index (χ1) is 8.13. The van der Waals surface area contributed by atoms with Gasteiger partial charge >= 0.3 is 0 Å². The van der Waals surface area contributed by atoms with Crippen molar-refractivity contribution in [3.63, 3.8) is 0 Å². The molecule has 0 N–H and O–H groups in total. The van der Waals surface area contributed by atoms with Crippen LogP contribution in [0.4, 0.5) is 0 Å². The average Bonchev–Trinajstić information content (AvgIpc) is 2.33. The predicted octanol–water partition coefficient (Wildman–Crippen LogP) is 6.21. The van der Waals surface area contributed by atoms with E-state index in [2.05, 4.69) is 15.9 Å². The minimum atomic E-state index is 0.642. The Hall–Kier alpha value is -0.210. The number of halogens is 4. The molecule has 0 atom stereocenters. The van der Waals surface area contributed by atoms with Crippen LogP contribution < -0.4 is 0 Å². The Morgan fingerprint density at radius 2 is 1.71 bits per heavy atom. The maximum Gasteiger partial charge on any atom is 0.0525 e. The van der Waals surface area contributed by atoms with Crippen LogP contribution in [0.3, 0.4) is 0 Å². The minimum absolute atomic E-state index is 0.642. The van der Waals surface area contributed by atoms with Crippen molar-refractivity contribution >= 4 is 50.7 Å². The second kappa shape index (κ2) is 5.62. The molecule has 0 bridgehead atoms. The maximum atomic E-state index is 6.34. The molecule has 0 spiro atoms. The van der Waals surface area contributed by atoms with E-state index in [0.717, 1.165) is 16.7 Å². The van der Waals surface area contributed by atoms with Gasteiger partial charge in [-0.2, -0.15) is 0 Å². The fraction of sp³-hybridized carbons (Fsp3) is 0.0769. The van der Waals surface area contributed by atoms with Crippen molar-refractivity contribution in [3.8, 4) is 11.1 Å². The third-order valence-electron chi connectivity index (χ3n) is 2.44. The Balaban J connectivity index is 2.64. The van der Waals surface area contributed by atoms with Gasteiger partial charge in [0.05, 0.1) is 5.02 Å². The van der Waals surface area contributed by atoms with Crippen LogP contribution in [0, 0.1) is 0 Å². The van der Waals surface area contributed by atoms with Crippen LogP contribution in [0.15, 0.2) is 36.4 Å². The normalized spacial score (nSPS) is 10.6. The predicted molar refractivity (Wildman–Crippen MR) is 79.5 cm³/mol. The van der Waals surface area contributed by atoms with E-state index in [4.69, 9.17) is 34.8 Å². The molecule has 88 valence electrons. The Bertz CT molecular complexity index is 552. The molecule has 0 amide bonds. The zero-order valence-electron chi connectivity index (χ0n) is 8.68. The van der Waals surface area contributed by atoms with Gasteiger partial charge in [0.15, 0.2) is 0 Å². The van der Waals surface area contributed by atoms with E-state index in [1.165, 1.54) is 0 Å². The van der Waals surface area contributed by atoms with E-state index in [1.54, 1.807) is 12.1 Å². The summed E-state index contributed by atoms with van der Waals surface area (Å²) >= 11 is 21.9. The number of rotatable bonds is 2. The summed E-state index contributed by atoms with van der Waals surface area (Å²) < 4.78 is 0. The Morgan fingerprint density at radius 3 is 2.41 bits per heavy atom. The lowest BCUT2D eigenvalue weighted by Crippen LogP contribution is -1.86. The average molecular weight is 350 g/mol. The standard InChI is InChI=1S/C13H8BrCl3/c14-7-8-2-1-3-10(13(8)17)11-6-9(15)4-5-12(11)16/h1-6H,7H2. The lowest BCUT2D eigenvalue weighted by atomic mass is 10.0. The fourth-order valence-corrected chi connectivity index (χ4v) is 2.91. The molecule has 0 radical (unpaired) electrons. The fourth-order valence-electron chi connectivity index (χ4n) is 1.59. The van der Waals surface area contributed by atoms with Crippen LogP contribution in [-0.4, -0.2) is 0 Å². The molecule has 17 heavy (non-hydrogen) atoms. The number of hydrogen-bond acceptors (Lipinski definition) is 0. The summed E-state index contributed by atoms with van der Waals surface area (Å²) in [5, 5.41) is 2.69. The zero-order valence-corrected chi connectivity index (χ0v) is 12.5. The second-order valence-electron chi connectivity index (χ2n) is 3.54. The van der Waals surface area contributed by atoms with Gasteiger partial charge in [-0.25, -0.2) is 0 Å². The summed E-state index contributed by atoms with van der Waals surface area (Å²) in [5.41, 5.74) is 2.78. The monoisotopic (exact) mass is 348 g/mol. The molecule has 2 rings (SSSR count). The van der Waals surface area contributed by atoms with Crippen LogP contribution in [0.5, 0.6) is 0 Å². The van der Waals surface area contributed by atoms with E-state index in [1.807, 2.05) is 24.3 Å². The van der Waals surface area contributed by atoms with Crippen LogP contribution in [0.1, 0.15) is 5.56 Å². The summed E-state index contributed by atoms with van der Waals surface area (Å²) in [7, 11) is 0. The summed E-state index contributed by atoms with van der Waals surface area (Å²) in [6.07, 6.45) is 0. The largest absolute Gasteiger partial charge is 0.0876 e. The van der Waals surface area contributed by atoms with Crippen LogP contribution in [0.2, 0.25) is 15.1 Å². The topological polar surface area (TPSA) is 0 Å². The first-order valence-electron chi connectivity index (χ1n) is 4.92. The second-order valence-corrected chi connectivity index (χ2v) is 5.32. The molecule has 0 aliphatic rings. The quantitative estimate of drug-likeness (QED) is 0.565. The lowest BCUT2D eigenvalue weighted by molar-refractivity contribution is 1.43.